The predicted molar refractivity (Wildman–Crippen MR) is 115 cm³/mol. The second-order valence-electron chi connectivity index (χ2n) is 6.74. The molecule has 1 aromatic heterocycles. The number of hydrogen-bond acceptors (Lipinski definition) is 6. The van der Waals surface area contributed by atoms with Crippen LogP contribution in [-0.4, -0.2) is 31.4 Å². The van der Waals surface area contributed by atoms with E-state index in [0.717, 1.165) is 16.6 Å². The van der Waals surface area contributed by atoms with E-state index in [9.17, 15) is 13.2 Å². The number of aromatic nitrogens is 1. The maximum absolute atomic E-state index is 12.5. The molecule has 0 saturated carbocycles. The van der Waals surface area contributed by atoms with Crippen LogP contribution in [0.1, 0.15) is 19.8 Å². The average molecular weight is 467 g/mol. The Bertz CT molecular complexity index is 1280. The summed E-state index contributed by atoms with van der Waals surface area (Å²) in [4.78, 5) is 17.3. The minimum absolute atomic E-state index is 0.136. The van der Waals surface area contributed by atoms with Crippen molar-refractivity contribution >= 4 is 48.9 Å². The SMILES string of the molecule is CCCn1c(=NC(=O)CCS(=O)(=O)c2ccc(Cl)cc2)sc2cc3c(cc21)OCO3. The summed E-state index contributed by atoms with van der Waals surface area (Å²) >= 11 is 7.17. The second kappa shape index (κ2) is 8.41. The highest BCUT2D eigenvalue weighted by Crippen LogP contribution is 2.37. The van der Waals surface area contributed by atoms with E-state index in [4.69, 9.17) is 21.1 Å². The molecule has 0 N–H and O–H groups in total. The first-order valence-electron chi connectivity index (χ1n) is 9.36. The van der Waals surface area contributed by atoms with Crippen LogP contribution >= 0.6 is 22.9 Å². The number of hydrogen-bond donors (Lipinski definition) is 0. The smallest absolute Gasteiger partial charge is 0.249 e. The molecule has 1 amide bonds. The molecule has 1 aliphatic rings. The lowest BCUT2D eigenvalue weighted by molar-refractivity contribution is -0.117. The number of nitrogens with zero attached hydrogens (tertiary/aromatic N) is 2. The highest BCUT2D eigenvalue weighted by atomic mass is 35.5. The molecule has 30 heavy (non-hydrogen) atoms. The van der Waals surface area contributed by atoms with Crippen LogP contribution in [0.2, 0.25) is 5.02 Å². The predicted octanol–water partition coefficient (Wildman–Crippen LogP) is 3.79. The zero-order valence-electron chi connectivity index (χ0n) is 16.1. The molecule has 10 heteroatoms. The molecule has 0 bridgehead atoms. The Balaban J connectivity index is 1.60. The third-order valence-electron chi connectivity index (χ3n) is 4.60. The minimum Gasteiger partial charge on any atom is -0.454 e. The quantitative estimate of drug-likeness (QED) is 0.551. The van der Waals surface area contributed by atoms with Gasteiger partial charge in [-0.15, -0.1) is 0 Å². The number of thiazole rings is 1. The number of ether oxygens (including phenoxy) is 2. The number of rotatable bonds is 6. The van der Waals surface area contributed by atoms with Crippen LogP contribution in [-0.2, 0) is 21.2 Å². The summed E-state index contributed by atoms with van der Waals surface area (Å²) in [6.45, 7) is 2.90. The summed E-state index contributed by atoms with van der Waals surface area (Å²) in [5, 5.41) is 0.451. The van der Waals surface area contributed by atoms with E-state index < -0.39 is 15.7 Å². The van der Waals surface area contributed by atoms with Gasteiger partial charge in [0.25, 0.3) is 0 Å². The van der Waals surface area contributed by atoms with Gasteiger partial charge in [-0.05, 0) is 30.7 Å². The van der Waals surface area contributed by atoms with Crippen LogP contribution in [0.3, 0.4) is 0 Å². The Morgan fingerprint density at radius 3 is 2.60 bits per heavy atom. The molecule has 0 fully saturated rings. The first-order valence-corrected chi connectivity index (χ1v) is 12.2. The molecule has 2 aromatic carbocycles. The second-order valence-corrected chi connectivity index (χ2v) is 10.3. The molecule has 1 aliphatic heterocycles. The van der Waals surface area contributed by atoms with E-state index in [1.165, 1.54) is 35.6 Å². The summed E-state index contributed by atoms with van der Waals surface area (Å²) in [6.07, 6.45) is 0.653. The number of carbonyl (C=O) groups excluding carboxylic acids is 1. The standard InChI is InChI=1S/C20H19ClN2O5S2/c1-2-8-23-15-10-16-17(28-12-27-16)11-18(15)29-20(23)22-19(24)7-9-30(25,26)14-5-3-13(21)4-6-14/h3-6,10-11H,2,7-9,12H2,1H3. The number of aryl methyl sites for hydroxylation is 1. The molecule has 0 atom stereocenters. The van der Waals surface area contributed by atoms with Crippen molar-refractivity contribution < 1.29 is 22.7 Å². The Labute approximate surface area is 182 Å². The monoisotopic (exact) mass is 466 g/mol. The molecule has 3 aromatic rings. The van der Waals surface area contributed by atoms with Crippen molar-refractivity contribution in [1.29, 1.82) is 0 Å². The topological polar surface area (TPSA) is 87.0 Å². The van der Waals surface area contributed by atoms with Crippen LogP contribution in [0.5, 0.6) is 11.5 Å². The summed E-state index contributed by atoms with van der Waals surface area (Å²) in [5.41, 5.74) is 0.909. The maximum Gasteiger partial charge on any atom is 0.249 e. The highest BCUT2D eigenvalue weighted by molar-refractivity contribution is 7.91. The van der Waals surface area contributed by atoms with Gasteiger partial charge in [-0.25, -0.2) is 8.42 Å². The van der Waals surface area contributed by atoms with Crippen molar-refractivity contribution in [3.63, 3.8) is 0 Å². The Hall–Kier alpha value is -2.36. The van der Waals surface area contributed by atoms with Gasteiger partial charge in [0, 0.05) is 30.1 Å². The molecular formula is C20H19ClN2O5S2. The fraction of sp³-hybridized carbons (Fsp3) is 0.300. The Morgan fingerprint density at radius 2 is 1.90 bits per heavy atom. The van der Waals surface area contributed by atoms with Gasteiger partial charge >= 0.3 is 0 Å². The molecule has 2 heterocycles. The molecule has 7 nitrogen and oxygen atoms in total. The lowest BCUT2D eigenvalue weighted by Gasteiger charge is -2.04. The van der Waals surface area contributed by atoms with Gasteiger partial charge in [0.05, 0.1) is 20.9 Å². The number of benzene rings is 2. The zero-order chi connectivity index (χ0) is 21.3. The Kier molecular flexibility index (Phi) is 5.86. The van der Waals surface area contributed by atoms with E-state index in [-0.39, 0.29) is 23.9 Å². The van der Waals surface area contributed by atoms with Gasteiger partial charge < -0.3 is 14.0 Å². The maximum atomic E-state index is 12.5. The van der Waals surface area contributed by atoms with Crippen LogP contribution in [0.25, 0.3) is 10.2 Å². The summed E-state index contributed by atoms with van der Waals surface area (Å²) in [5.74, 6) is 0.534. The van der Waals surface area contributed by atoms with Gasteiger partial charge in [-0.3, -0.25) is 4.79 Å². The summed E-state index contributed by atoms with van der Waals surface area (Å²) in [6, 6.07) is 9.65. The van der Waals surface area contributed by atoms with Crippen molar-refractivity contribution in [2.45, 2.75) is 31.2 Å². The highest BCUT2D eigenvalue weighted by Gasteiger charge is 2.19. The van der Waals surface area contributed by atoms with Crippen molar-refractivity contribution in [2.75, 3.05) is 12.5 Å². The van der Waals surface area contributed by atoms with Gasteiger partial charge in [0.2, 0.25) is 12.7 Å². The van der Waals surface area contributed by atoms with E-state index in [1.807, 2.05) is 23.6 Å². The average Bonchev–Trinajstić information content (AvgIpc) is 3.29. The van der Waals surface area contributed by atoms with Crippen LogP contribution in [0.4, 0.5) is 0 Å². The molecule has 0 spiro atoms. The zero-order valence-corrected chi connectivity index (χ0v) is 18.5. The van der Waals surface area contributed by atoms with Crippen LogP contribution < -0.4 is 14.3 Å². The molecule has 0 saturated heterocycles. The van der Waals surface area contributed by atoms with Crippen LogP contribution in [0.15, 0.2) is 46.3 Å². The normalized spacial score (nSPS) is 13.9. The minimum atomic E-state index is -3.59. The summed E-state index contributed by atoms with van der Waals surface area (Å²) < 4.78 is 38.7. The molecule has 0 aliphatic carbocycles. The van der Waals surface area contributed by atoms with Gasteiger partial charge in [-0.2, -0.15) is 4.99 Å². The fourth-order valence-electron chi connectivity index (χ4n) is 3.13. The number of carbonyl (C=O) groups is 1. The molecule has 0 unspecified atom stereocenters. The molecular weight excluding hydrogens is 448 g/mol. The van der Waals surface area contributed by atoms with Crippen molar-refractivity contribution in [2.24, 2.45) is 4.99 Å². The first-order chi connectivity index (χ1) is 14.4. The Morgan fingerprint density at radius 1 is 1.20 bits per heavy atom. The largest absolute Gasteiger partial charge is 0.454 e. The first kappa shape index (κ1) is 20.9. The van der Waals surface area contributed by atoms with Gasteiger partial charge in [0.15, 0.2) is 26.1 Å². The van der Waals surface area contributed by atoms with Crippen LogP contribution in [0, 0.1) is 0 Å². The summed E-state index contributed by atoms with van der Waals surface area (Å²) in [7, 11) is -3.59. The molecule has 0 radical (unpaired) electrons. The number of fused-ring (bicyclic) bond motifs is 2. The van der Waals surface area contributed by atoms with Crippen molar-refractivity contribution in [3.05, 3.63) is 46.2 Å². The van der Waals surface area contributed by atoms with E-state index in [1.54, 1.807) is 0 Å². The number of amides is 1. The fourth-order valence-corrected chi connectivity index (χ4v) is 5.57. The van der Waals surface area contributed by atoms with Gasteiger partial charge in [0.1, 0.15) is 0 Å². The molecule has 158 valence electrons. The van der Waals surface area contributed by atoms with E-state index in [0.29, 0.717) is 27.9 Å². The van der Waals surface area contributed by atoms with Gasteiger partial charge in [-0.1, -0.05) is 29.9 Å². The lowest BCUT2D eigenvalue weighted by atomic mass is 10.3. The van der Waals surface area contributed by atoms with E-state index >= 15 is 0 Å². The van der Waals surface area contributed by atoms with Crippen molar-refractivity contribution in [3.8, 4) is 11.5 Å². The lowest BCUT2D eigenvalue weighted by Crippen LogP contribution is -2.18. The van der Waals surface area contributed by atoms with E-state index in [2.05, 4.69) is 4.99 Å². The third-order valence-corrected chi connectivity index (χ3v) is 7.63. The third kappa shape index (κ3) is 4.23. The number of sulfone groups is 1. The number of halogens is 1. The van der Waals surface area contributed by atoms with Crippen molar-refractivity contribution in [1.82, 2.24) is 4.57 Å². The molecule has 4 rings (SSSR count).